The number of nitrogens with one attached hydrogen (secondary N) is 1. The highest BCUT2D eigenvalue weighted by atomic mass is 32.2. The van der Waals surface area contributed by atoms with E-state index in [9.17, 15) is 0 Å². The third-order valence-electron chi connectivity index (χ3n) is 3.57. The van der Waals surface area contributed by atoms with Crippen molar-refractivity contribution in [2.45, 2.75) is 18.0 Å². The lowest BCUT2D eigenvalue weighted by Crippen LogP contribution is -2.38. The summed E-state index contributed by atoms with van der Waals surface area (Å²) in [5, 5.41) is 3.33. The van der Waals surface area contributed by atoms with Crippen LogP contribution in [0.5, 0.6) is 5.88 Å². The first-order valence-corrected chi connectivity index (χ1v) is 8.93. The summed E-state index contributed by atoms with van der Waals surface area (Å²) in [6.45, 7) is 1.39. The predicted octanol–water partition coefficient (Wildman–Crippen LogP) is 3.02. The number of hydrogen-bond donors (Lipinski definition) is 1. The topological polar surface area (TPSA) is 49.8 Å². The lowest BCUT2D eigenvalue weighted by atomic mass is 10.2. The molecular weight excluding hydrogens is 320 g/mol. The van der Waals surface area contributed by atoms with Crippen molar-refractivity contribution in [3.8, 4) is 5.88 Å². The number of methoxy groups -OCH3 is 1. The third kappa shape index (κ3) is 5.16. The molecule has 0 aliphatic rings. The molecule has 0 aliphatic heterocycles. The number of nitrogens with zero attached hydrogens (tertiary/aromatic N) is 3. The minimum absolute atomic E-state index is 0.597. The summed E-state index contributed by atoms with van der Waals surface area (Å²) in [4.78, 5) is 12.1. The molecular formula is C18H24N4OS. The number of thioether (sulfide) groups is 1. The van der Waals surface area contributed by atoms with Gasteiger partial charge in [-0.15, -0.1) is 11.8 Å². The monoisotopic (exact) mass is 344 g/mol. The van der Waals surface area contributed by atoms with Crippen LogP contribution >= 0.6 is 11.8 Å². The SMILES string of the molecule is CN=C(NCc1cccc(OC)n1)N(C)Cc1ccc(SC)cc1. The summed E-state index contributed by atoms with van der Waals surface area (Å²) in [5.41, 5.74) is 2.16. The van der Waals surface area contributed by atoms with E-state index in [-0.39, 0.29) is 0 Å². The largest absolute Gasteiger partial charge is 0.481 e. The van der Waals surface area contributed by atoms with Crippen molar-refractivity contribution >= 4 is 17.7 Å². The molecule has 0 saturated carbocycles. The second-order valence-corrected chi connectivity index (χ2v) is 6.16. The van der Waals surface area contributed by atoms with Crippen LogP contribution in [0.25, 0.3) is 0 Å². The van der Waals surface area contributed by atoms with Crippen molar-refractivity contribution in [2.24, 2.45) is 4.99 Å². The highest BCUT2D eigenvalue weighted by Gasteiger charge is 2.07. The maximum Gasteiger partial charge on any atom is 0.213 e. The molecule has 24 heavy (non-hydrogen) atoms. The van der Waals surface area contributed by atoms with E-state index in [0.717, 1.165) is 18.2 Å². The fourth-order valence-corrected chi connectivity index (χ4v) is 2.71. The Hall–Kier alpha value is -2.21. The molecule has 0 amide bonds. The molecule has 1 aromatic carbocycles. The first-order chi connectivity index (χ1) is 11.7. The second-order valence-electron chi connectivity index (χ2n) is 5.28. The maximum absolute atomic E-state index is 5.15. The maximum atomic E-state index is 5.15. The molecule has 6 heteroatoms. The molecule has 2 aromatic rings. The highest BCUT2D eigenvalue weighted by molar-refractivity contribution is 7.98. The Morgan fingerprint density at radius 1 is 1.25 bits per heavy atom. The molecule has 0 aliphatic carbocycles. The zero-order valence-corrected chi connectivity index (χ0v) is 15.4. The standard InChI is InChI=1S/C18H24N4OS/c1-19-18(20-12-15-6-5-7-17(21-15)23-3)22(2)13-14-8-10-16(24-4)11-9-14/h5-11H,12-13H2,1-4H3,(H,19,20). The Balaban J connectivity index is 1.94. The van der Waals surface area contributed by atoms with E-state index < -0.39 is 0 Å². The summed E-state index contributed by atoms with van der Waals surface area (Å²) in [5.74, 6) is 1.44. The quantitative estimate of drug-likeness (QED) is 0.496. The van der Waals surface area contributed by atoms with Crippen LogP contribution < -0.4 is 10.1 Å². The van der Waals surface area contributed by atoms with Crippen LogP contribution in [0.1, 0.15) is 11.3 Å². The number of aliphatic imine (C=N–C) groups is 1. The van der Waals surface area contributed by atoms with Gasteiger partial charge in [0, 0.05) is 31.6 Å². The average Bonchev–Trinajstić information content (AvgIpc) is 2.63. The molecule has 128 valence electrons. The van der Waals surface area contributed by atoms with Gasteiger partial charge in [0.2, 0.25) is 5.88 Å². The zero-order chi connectivity index (χ0) is 17.4. The smallest absolute Gasteiger partial charge is 0.213 e. The van der Waals surface area contributed by atoms with Gasteiger partial charge in [0.05, 0.1) is 19.3 Å². The van der Waals surface area contributed by atoms with Gasteiger partial charge in [-0.3, -0.25) is 4.99 Å². The number of guanidine groups is 1. The molecule has 0 unspecified atom stereocenters. The van der Waals surface area contributed by atoms with Crippen LogP contribution in [-0.4, -0.2) is 43.3 Å². The van der Waals surface area contributed by atoms with Gasteiger partial charge in [-0.25, -0.2) is 4.98 Å². The minimum Gasteiger partial charge on any atom is -0.481 e. The molecule has 1 heterocycles. The molecule has 0 bridgehead atoms. The Morgan fingerprint density at radius 2 is 2.00 bits per heavy atom. The average molecular weight is 344 g/mol. The lowest BCUT2D eigenvalue weighted by molar-refractivity contribution is 0.396. The summed E-state index contributed by atoms with van der Waals surface area (Å²) < 4.78 is 5.15. The lowest BCUT2D eigenvalue weighted by Gasteiger charge is -2.22. The van der Waals surface area contributed by atoms with Crippen molar-refractivity contribution in [3.05, 3.63) is 53.7 Å². The molecule has 0 spiro atoms. The van der Waals surface area contributed by atoms with Gasteiger partial charge in [-0.2, -0.15) is 0 Å². The van der Waals surface area contributed by atoms with Gasteiger partial charge in [-0.1, -0.05) is 18.2 Å². The molecule has 5 nitrogen and oxygen atoms in total. The number of benzene rings is 1. The normalized spacial score (nSPS) is 11.2. The van der Waals surface area contributed by atoms with Crippen molar-refractivity contribution in [1.82, 2.24) is 15.2 Å². The predicted molar refractivity (Wildman–Crippen MR) is 101 cm³/mol. The molecule has 0 fully saturated rings. The first-order valence-electron chi connectivity index (χ1n) is 7.71. The van der Waals surface area contributed by atoms with E-state index in [1.165, 1.54) is 10.5 Å². The molecule has 2 rings (SSSR count). The minimum atomic E-state index is 0.597. The Kier molecular flexibility index (Phi) is 6.93. The van der Waals surface area contributed by atoms with Gasteiger partial charge in [0.25, 0.3) is 0 Å². The van der Waals surface area contributed by atoms with Crippen LogP contribution in [-0.2, 0) is 13.1 Å². The van der Waals surface area contributed by atoms with E-state index in [1.54, 1.807) is 25.9 Å². The van der Waals surface area contributed by atoms with Crippen LogP contribution in [0, 0.1) is 0 Å². The number of pyridine rings is 1. The zero-order valence-electron chi connectivity index (χ0n) is 14.6. The van der Waals surface area contributed by atoms with Gasteiger partial charge in [0.1, 0.15) is 0 Å². The Morgan fingerprint density at radius 3 is 2.62 bits per heavy atom. The van der Waals surface area contributed by atoms with Crippen LogP contribution in [0.15, 0.2) is 52.4 Å². The number of aromatic nitrogens is 1. The molecule has 0 radical (unpaired) electrons. The molecule has 0 atom stereocenters. The van der Waals surface area contributed by atoms with Gasteiger partial charge in [-0.05, 0) is 30.0 Å². The fraction of sp³-hybridized carbons (Fsp3) is 0.333. The first kappa shape index (κ1) is 18.1. The molecule has 1 aromatic heterocycles. The fourth-order valence-electron chi connectivity index (χ4n) is 2.30. The number of ether oxygens (including phenoxy) is 1. The summed E-state index contributed by atoms with van der Waals surface area (Å²) in [6, 6.07) is 14.3. The van der Waals surface area contributed by atoms with Crippen LogP contribution in [0.4, 0.5) is 0 Å². The van der Waals surface area contributed by atoms with E-state index in [4.69, 9.17) is 4.74 Å². The third-order valence-corrected chi connectivity index (χ3v) is 4.31. The molecule has 0 saturated heterocycles. The highest BCUT2D eigenvalue weighted by Crippen LogP contribution is 2.15. The Labute approximate surface area is 148 Å². The summed E-state index contributed by atoms with van der Waals surface area (Å²) in [7, 11) is 5.43. The van der Waals surface area contributed by atoms with Gasteiger partial charge < -0.3 is 15.0 Å². The van der Waals surface area contributed by atoms with Gasteiger partial charge >= 0.3 is 0 Å². The van der Waals surface area contributed by atoms with Crippen molar-refractivity contribution in [3.63, 3.8) is 0 Å². The number of hydrogen-bond acceptors (Lipinski definition) is 4. The molecule has 1 N–H and O–H groups in total. The summed E-state index contributed by atoms with van der Waals surface area (Å²) >= 11 is 1.75. The Bertz CT molecular complexity index is 673. The van der Waals surface area contributed by atoms with Crippen molar-refractivity contribution in [1.29, 1.82) is 0 Å². The van der Waals surface area contributed by atoms with Crippen molar-refractivity contribution < 1.29 is 4.74 Å². The summed E-state index contributed by atoms with van der Waals surface area (Å²) in [6.07, 6.45) is 2.08. The van der Waals surface area contributed by atoms with E-state index in [1.807, 2.05) is 25.2 Å². The van der Waals surface area contributed by atoms with E-state index in [0.29, 0.717) is 12.4 Å². The van der Waals surface area contributed by atoms with E-state index in [2.05, 4.69) is 50.7 Å². The van der Waals surface area contributed by atoms with E-state index >= 15 is 0 Å². The number of rotatable bonds is 6. The van der Waals surface area contributed by atoms with Crippen LogP contribution in [0.2, 0.25) is 0 Å². The van der Waals surface area contributed by atoms with Gasteiger partial charge in [0.15, 0.2) is 5.96 Å². The van der Waals surface area contributed by atoms with Crippen molar-refractivity contribution in [2.75, 3.05) is 27.5 Å². The van der Waals surface area contributed by atoms with Crippen LogP contribution in [0.3, 0.4) is 0 Å². The second kappa shape index (κ2) is 9.17.